The van der Waals surface area contributed by atoms with Crippen molar-refractivity contribution in [3.63, 3.8) is 0 Å². The van der Waals surface area contributed by atoms with Gasteiger partial charge in [-0.15, -0.1) is 0 Å². The van der Waals surface area contributed by atoms with Crippen LogP contribution in [0.15, 0.2) is 65.0 Å². The Morgan fingerprint density at radius 3 is 2.18 bits per heavy atom. The first-order valence-corrected chi connectivity index (χ1v) is 13.1. The first-order chi connectivity index (χ1) is 19.6. The number of benzene rings is 3. The number of pyridine rings is 1. The van der Waals surface area contributed by atoms with Crippen LogP contribution in [-0.2, 0) is 13.4 Å². The van der Waals surface area contributed by atoms with E-state index in [0.29, 0.717) is 39.7 Å². The van der Waals surface area contributed by atoms with Crippen LogP contribution in [0.4, 0.5) is 5.69 Å². The van der Waals surface area contributed by atoms with Gasteiger partial charge in [0.05, 0.1) is 14.9 Å². The highest BCUT2D eigenvalue weighted by atomic mass is 16.3. The summed E-state index contributed by atoms with van der Waals surface area (Å²) < 4.78 is 44.4. The third kappa shape index (κ3) is 4.39. The Hall–Kier alpha value is -3.90. The number of hydrogen-bond donors (Lipinski definition) is 0. The summed E-state index contributed by atoms with van der Waals surface area (Å²) in [4.78, 5) is 3.82. The number of aromatic nitrogens is 1. The van der Waals surface area contributed by atoms with Gasteiger partial charge in [-0.1, -0.05) is 83.1 Å². The highest BCUT2D eigenvalue weighted by Crippen LogP contribution is 2.44. The van der Waals surface area contributed by atoms with Crippen LogP contribution in [0.2, 0.25) is 0 Å². The van der Waals surface area contributed by atoms with Gasteiger partial charge in [0, 0.05) is 37.6 Å². The van der Waals surface area contributed by atoms with Crippen LogP contribution in [-0.4, -0.2) is 0 Å². The van der Waals surface area contributed by atoms with Gasteiger partial charge in [-0.3, -0.25) is 0 Å². The average Bonchev–Trinajstić information content (AvgIpc) is 3.30. The number of fused-ring (bicyclic) bond motifs is 3. The van der Waals surface area contributed by atoms with Gasteiger partial charge in [0.25, 0.3) is 0 Å². The quantitative estimate of drug-likeness (QED) is 0.176. The zero-order valence-corrected chi connectivity index (χ0v) is 23.5. The normalized spacial score (nSPS) is 13.9. The number of aryl methyl sites for hydroxylation is 1. The molecule has 5 rings (SSSR count). The Balaban J connectivity index is 1.86. The molecule has 0 amide bonds. The molecule has 3 aromatic carbocycles. The molecule has 0 unspecified atom stereocenters. The topological polar surface area (TPSA) is 21.4 Å². The zero-order valence-electron chi connectivity index (χ0n) is 27.5. The fourth-order valence-electron chi connectivity index (χ4n) is 5.05. The van der Waals surface area contributed by atoms with Crippen molar-refractivity contribution in [1.29, 1.82) is 0 Å². The number of nitrogens with zero attached hydrogens (tertiary/aromatic N) is 2. The molecule has 192 valence electrons. The molecule has 0 aliphatic rings. The smallest absolute Gasteiger partial charge is 0.216 e. The minimum Gasteiger partial charge on any atom is -0.456 e. The minimum absolute atomic E-state index is 0.0476. The van der Waals surface area contributed by atoms with Crippen molar-refractivity contribution in [2.24, 2.45) is 12.5 Å². The molecular formula is C35H37N2O+. The second-order valence-corrected chi connectivity index (χ2v) is 11.5. The zero-order chi connectivity index (χ0) is 30.9. The van der Waals surface area contributed by atoms with Crippen LogP contribution in [0.5, 0.6) is 0 Å². The number of hydrogen-bond acceptors (Lipinski definition) is 1. The Bertz CT molecular complexity index is 1890. The Kier molecular flexibility index (Phi) is 5.24. The van der Waals surface area contributed by atoms with E-state index in [9.17, 15) is 0 Å². The van der Waals surface area contributed by atoms with Crippen molar-refractivity contribution in [1.82, 2.24) is 0 Å². The summed E-state index contributed by atoms with van der Waals surface area (Å²) in [6, 6.07) is 15.9. The Morgan fingerprint density at radius 1 is 0.947 bits per heavy atom. The molecule has 0 bridgehead atoms. The molecule has 2 aromatic heterocycles. The molecule has 0 spiro atoms. The largest absolute Gasteiger partial charge is 0.456 e. The maximum atomic E-state index is 9.14. The summed E-state index contributed by atoms with van der Waals surface area (Å²) in [5.74, 6) is 0.391. The van der Waals surface area contributed by atoms with Gasteiger partial charge >= 0.3 is 0 Å². The van der Waals surface area contributed by atoms with Crippen molar-refractivity contribution >= 4 is 27.6 Å². The summed E-state index contributed by atoms with van der Waals surface area (Å²) in [7, 11) is 1.82. The van der Waals surface area contributed by atoms with E-state index in [0.717, 1.165) is 27.5 Å². The van der Waals surface area contributed by atoms with E-state index in [1.165, 1.54) is 5.56 Å². The molecule has 0 saturated carbocycles. The van der Waals surface area contributed by atoms with Crippen molar-refractivity contribution in [3.8, 4) is 22.4 Å². The summed E-state index contributed by atoms with van der Waals surface area (Å²) in [5.41, 5.74) is 6.68. The third-order valence-electron chi connectivity index (χ3n) is 7.23. The second kappa shape index (κ2) is 9.44. The van der Waals surface area contributed by atoms with Crippen molar-refractivity contribution in [2.75, 3.05) is 0 Å². The standard InChI is InChI=1S/C35H37N2O/c1-21(2)24-11-13-25(14-12-24)32-29(36-8)18-17-28-27-16-10-22(3)31(33(27)38-34(28)32)30-19-15-26(20-35(5,6)7)23(4)37(30)9/h10-19,21H,20H2,1-7,9H3/q+1/i15D,19D,20D2. The van der Waals surface area contributed by atoms with E-state index in [1.54, 1.807) is 0 Å². The predicted molar refractivity (Wildman–Crippen MR) is 159 cm³/mol. The summed E-state index contributed by atoms with van der Waals surface area (Å²) in [6.45, 7) is 21.4. The van der Waals surface area contributed by atoms with Gasteiger partial charge in [-0.25, -0.2) is 4.85 Å². The van der Waals surface area contributed by atoms with E-state index >= 15 is 0 Å². The first-order valence-electron chi connectivity index (χ1n) is 15.1. The maximum Gasteiger partial charge on any atom is 0.216 e. The Morgan fingerprint density at radius 2 is 1.58 bits per heavy atom. The Labute approximate surface area is 232 Å². The molecular weight excluding hydrogens is 464 g/mol. The lowest BCUT2D eigenvalue weighted by Gasteiger charge is -2.19. The van der Waals surface area contributed by atoms with Gasteiger partial charge in [0.2, 0.25) is 5.69 Å². The third-order valence-corrected chi connectivity index (χ3v) is 7.23. The van der Waals surface area contributed by atoms with Crippen LogP contribution in [0.1, 0.15) is 68.4 Å². The fraction of sp³-hybridized carbons (Fsp3) is 0.314. The monoisotopic (exact) mass is 505 g/mol. The van der Waals surface area contributed by atoms with E-state index in [1.807, 2.05) is 82.6 Å². The van der Waals surface area contributed by atoms with Gasteiger partial charge in [-0.2, -0.15) is 4.57 Å². The molecule has 0 aliphatic carbocycles. The van der Waals surface area contributed by atoms with Crippen molar-refractivity contribution in [3.05, 3.63) is 94.4 Å². The lowest BCUT2D eigenvalue weighted by molar-refractivity contribution is -0.667. The van der Waals surface area contributed by atoms with Gasteiger partial charge in [0.15, 0.2) is 11.4 Å². The average molecular weight is 506 g/mol. The molecule has 0 N–H and O–H groups in total. The van der Waals surface area contributed by atoms with Gasteiger partial charge < -0.3 is 4.42 Å². The molecule has 0 radical (unpaired) electrons. The molecule has 0 aliphatic heterocycles. The lowest BCUT2D eigenvalue weighted by atomic mass is 9.87. The van der Waals surface area contributed by atoms with Crippen LogP contribution >= 0.6 is 0 Å². The highest BCUT2D eigenvalue weighted by Gasteiger charge is 2.26. The first kappa shape index (κ1) is 21.1. The number of furan rings is 1. The molecule has 0 atom stereocenters. The van der Waals surface area contributed by atoms with Gasteiger partial charge in [-0.05, 0) is 47.4 Å². The van der Waals surface area contributed by atoms with Crippen LogP contribution in [0, 0.1) is 25.8 Å². The van der Waals surface area contributed by atoms with Crippen LogP contribution in [0.25, 0.3) is 49.2 Å². The predicted octanol–water partition coefficient (Wildman–Crippen LogP) is 9.62. The molecule has 3 nitrogen and oxygen atoms in total. The minimum atomic E-state index is -1.82. The summed E-state index contributed by atoms with van der Waals surface area (Å²) in [5, 5.41) is 1.74. The van der Waals surface area contributed by atoms with Crippen molar-refractivity contribution in [2.45, 2.75) is 60.8 Å². The molecule has 0 fully saturated rings. The number of rotatable bonds is 4. The van der Waals surface area contributed by atoms with Gasteiger partial charge in [0.1, 0.15) is 18.2 Å². The molecule has 0 saturated heterocycles. The second-order valence-electron chi connectivity index (χ2n) is 11.5. The van der Waals surface area contributed by atoms with E-state index < -0.39 is 11.8 Å². The SMILES string of the molecule is [2H]c1c([2H])c(-c2c(C)ccc3c2oc2c(-c4ccc(C(C)C)cc4)c([N+]#[C-])ccc23)[n+](C)c(C)c1C([2H])([2H])C(C)(C)C. The van der Waals surface area contributed by atoms with E-state index in [4.69, 9.17) is 16.5 Å². The molecule has 5 aromatic rings. The van der Waals surface area contributed by atoms with E-state index in [2.05, 4.69) is 30.8 Å². The van der Waals surface area contributed by atoms with Crippen LogP contribution < -0.4 is 4.57 Å². The molecule has 3 heteroatoms. The molecule has 2 heterocycles. The van der Waals surface area contributed by atoms with E-state index in [-0.39, 0.29) is 17.6 Å². The highest BCUT2D eigenvalue weighted by molar-refractivity contribution is 6.15. The maximum absolute atomic E-state index is 9.14. The fourth-order valence-corrected chi connectivity index (χ4v) is 5.05. The lowest BCUT2D eigenvalue weighted by Crippen LogP contribution is -2.36. The summed E-state index contributed by atoms with van der Waals surface area (Å²) in [6.07, 6.45) is -1.82. The van der Waals surface area contributed by atoms with Crippen molar-refractivity contribution < 1.29 is 14.5 Å². The van der Waals surface area contributed by atoms with Crippen LogP contribution in [0.3, 0.4) is 0 Å². The summed E-state index contributed by atoms with van der Waals surface area (Å²) >= 11 is 0. The molecule has 38 heavy (non-hydrogen) atoms.